The van der Waals surface area contributed by atoms with E-state index in [1.54, 1.807) is 20.2 Å². The molecule has 0 amide bonds. The Morgan fingerprint density at radius 2 is 2.26 bits per heavy atom. The molecule has 0 saturated carbocycles. The summed E-state index contributed by atoms with van der Waals surface area (Å²) in [5.41, 5.74) is 0. The standard InChI is InChI=1S/C13H21N3O2S/c1-3-19(17,18)15(2)12-7-6-10-16(11-12)13-8-4-5-9-14-13/h4-5,8-9,12H,3,6-7,10-11H2,1-2H3. The minimum Gasteiger partial charge on any atom is -0.355 e. The second kappa shape index (κ2) is 5.88. The van der Waals surface area contributed by atoms with Gasteiger partial charge in [0.15, 0.2) is 0 Å². The lowest BCUT2D eigenvalue weighted by molar-refractivity contribution is 0.320. The number of pyridine rings is 1. The van der Waals surface area contributed by atoms with Crippen LogP contribution in [-0.2, 0) is 10.0 Å². The largest absolute Gasteiger partial charge is 0.355 e. The molecule has 1 fully saturated rings. The van der Waals surface area contributed by atoms with E-state index in [2.05, 4.69) is 9.88 Å². The van der Waals surface area contributed by atoms with E-state index in [4.69, 9.17) is 0 Å². The van der Waals surface area contributed by atoms with Crippen LogP contribution in [0.15, 0.2) is 24.4 Å². The van der Waals surface area contributed by atoms with Crippen LogP contribution in [0.4, 0.5) is 5.82 Å². The maximum absolute atomic E-state index is 11.9. The van der Waals surface area contributed by atoms with Gasteiger partial charge in [0.2, 0.25) is 10.0 Å². The fourth-order valence-corrected chi connectivity index (χ4v) is 3.46. The Balaban J connectivity index is 2.10. The molecule has 5 nitrogen and oxygen atoms in total. The molecular weight excluding hydrogens is 262 g/mol. The lowest BCUT2D eigenvalue weighted by atomic mass is 10.1. The van der Waals surface area contributed by atoms with Gasteiger partial charge >= 0.3 is 0 Å². The van der Waals surface area contributed by atoms with Gasteiger partial charge in [-0.3, -0.25) is 0 Å². The molecule has 106 valence electrons. The summed E-state index contributed by atoms with van der Waals surface area (Å²) in [4.78, 5) is 6.50. The molecule has 19 heavy (non-hydrogen) atoms. The van der Waals surface area contributed by atoms with Crippen molar-refractivity contribution < 1.29 is 8.42 Å². The number of sulfonamides is 1. The topological polar surface area (TPSA) is 53.5 Å². The Morgan fingerprint density at radius 1 is 1.47 bits per heavy atom. The summed E-state index contributed by atoms with van der Waals surface area (Å²) < 4.78 is 25.4. The van der Waals surface area contributed by atoms with Gasteiger partial charge in [-0.1, -0.05) is 6.07 Å². The SMILES string of the molecule is CCS(=O)(=O)N(C)C1CCCN(c2ccccn2)C1. The van der Waals surface area contributed by atoms with Gasteiger partial charge in [-0.25, -0.2) is 17.7 Å². The minimum atomic E-state index is -3.12. The molecule has 2 heterocycles. The Kier molecular flexibility index (Phi) is 4.42. The number of piperidine rings is 1. The second-order valence-electron chi connectivity index (χ2n) is 4.85. The van der Waals surface area contributed by atoms with Gasteiger partial charge in [0.25, 0.3) is 0 Å². The van der Waals surface area contributed by atoms with E-state index in [1.807, 2.05) is 18.2 Å². The number of rotatable bonds is 4. The average molecular weight is 283 g/mol. The van der Waals surface area contributed by atoms with Crippen LogP contribution < -0.4 is 4.90 Å². The predicted octanol–water partition coefficient (Wildman–Crippen LogP) is 1.33. The van der Waals surface area contributed by atoms with Crippen molar-refractivity contribution in [3.63, 3.8) is 0 Å². The number of hydrogen-bond acceptors (Lipinski definition) is 4. The monoisotopic (exact) mass is 283 g/mol. The molecule has 1 aromatic heterocycles. The zero-order chi connectivity index (χ0) is 13.9. The third-order valence-electron chi connectivity index (χ3n) is 3.69. The predicted molar refractivity (Wildman–Crippen MR) is 76.7 cm³/mol. The number of hydrogen-bond donors (Lipinski definition) is 0. The van der Waals surface area contributed by atoms with Crippen LogP contribution in [0, 0.1) is 0 Å². The zero-order valence-corrected chi connectivity index (χ0v) is 12.3. The highest BCUT2D eigenvalue weighted by atomic mass is 32.2. The molecule has 0 aromatic carbocycles. The number of likely N-dealkylation sites (N-methyl/N-ethyl adjacent to an activating group) is 1. The molecule has 1 aromatic rings. The van der Waals surface area contributed by atoms with E-state index < -0.39 is 10.0 Å². The van der Waals surface area contributed by atoms with Crippen molar-refractivity contribution in [2.24, 2.45) is 0 Å². The van der Waals surface area contributed by atoms with Crippen molar-refractivity contribution in [2.45, 2.75) is 25.8 Å². The lowest BCUT2D eigenvalue weighted by Crippen LogP contribution is -2.49. The van der Waals surface area contributed by atoms with Crippen LogP contribution in [0.1, 0.15) is 19.8 Å². The first-order valence-corrected chi connectivity index (χ1v) is 8.27. The number of aromatic nitrogens is 1. The van der Waals surface area contributed by atoms with Crippen molar-refractivity contribution >= 4 is 15.8 Å². The minimum absolute atomic E-state index is 0.0423. The van der Waals surface area contributed by atoms with Crippen LogP contribution in [0.25, 0.3) is 0 Å². The van der Waals surface area contributed by atoms with Crippen molar-refractivity contribution in [1.82, 2.24) is 9.29 Å². The Hall–Kier alpha value is -1.14. The van der Waals surface area contributed by atoms with E-state index in [0.29, 0.717) is 6.54 Å². The third kappa shape index (κ3) is 3.25. The van der Waals surface area contributed by atoms with E-state index >= 15 is 0 Å². The van der Waals surface area contributed by atoms with Gasteiger partial charge in [-0.2, -0.15) is 0 Å². The normalized spacial score (nSPS) is 20.8. The van der Waals surface area contributed by atoms with Gasteiger partial charge in [-0.05, 0) is 31.9 Å². The molecule has 0 N–H and O–H groups in total. The van der Waals surface area contributed by atoms with E-state index in [0.717, 1.165) is 25.2 Å². The van der Waals surface area contributed by atoms with E-state index in [-0.39, 0.29) is 11.8 Å². The highest BCUT2D eigenvalue weighted by Gasteiger charge is 2.29. The second-order valence-corrected chi connectivity index (χ2v) is 7.16. The molecule has 1 aliphatic rings. The summed E-state index contributed by atoms with van der Waals surface area (Å²) >= 11 is 0. The maximum Gasteiger partial charge on any atom is 0.213 e. The van der Waals surface area contributed by atoms with Crippen molar-refractivity contribution in [1.29, 1.82) is 0 Å². The smallest absolute Gasteiger partial charge is 0.213 e. The molecule has 0 radical (unpaired) electrons. The van der Waals surface area contributed by atoms with Crippen LogP contribution >= 0.6 is 0 Å². The molecule has 1 saturated heterocycles. The molecule has 6 heteroatoms. The van der Waals surface area contributed by atoms with Gasteiger partial charge < -0.3 is 4.90 Å². The first kappa shape index (κ1) is 14.3. The Morgan fingerprint density at radius 3 is 2.89 bits per heavy atom. The van der Waals surface area contributed by atoms with Crippen molar-refractivity contribution in [3.8, 4) is 0 Å². The molecule has 0 bridgehead atoms. The Labute approximate surface area is 115 Å². The summed E-state index contributed by atoms with van der Waals surface area (Å²) in [7, 11) is -1.43. The Bertz CT molecular complexity index is 504. The van der Waals surface area contributed by atoms with Crippen LogP contribution in [0.2, 0.25) is 0 Å². The van der Waals surface area contributed by atoms with Crippen molar-refractivity contribution in [2.75, 3.05) is 30.8 Å². The van der Waals surface area contributed by atoms with Gasteiger partial charge in [0.1, 0.15) is 5.82 Å². The molecule has 2 rings (SSSR count). The fourth-order valence-electron chi connectivity index (χ4n) is 2.43. The maximum atomic E-state index is 11.9. The van der Waals surface area contributed by atoms with E-state index in [9.17, 15) is 8.42 Å². The summed E-state index contributed by atoms with van der Waals surface area (Å²) in [6.45, 7) is 3.34. The first-order valence-electron chi connectivity index (χ1n) is 6.66. The molecular formula is C13H21N3O2S. The molecule has 0 aliphatic carbocycles. The van der Waals surface area contributed by atoms with Crippen LogP contribution in [-0.4, -0.2) is 49.6 Å². The summed E-state index contributed by atoms with van der Waals surface area (Å²) in [6, 6.07) is 5.86. The van der Waals surface area contributed by atoms with Crippen LogP contribution in [0.5, 0.6) is 0 Å². The number of anilines is 1. The van der Waals surface area contributed by atoms with E-state index in [1.165, 1.54) is 4.31 Å². The lowest BCUT2D eigenvalue weighted by Gasteiger charge is -2.37. The summed E-state index contributed by atoms with van der Waals surface area (Å²) in [5.74, 6) is 1.08. The quantitative estimate of drug-likeness (QED) is 0.836. The average Bonchev–Trinajstić information content (AvgIpc) is 2.47. The number of nitrogens with zero attached hydrogens (tertiary/aromatic N) is 3. The molecule has 0 spiro atoms. The van der Waals surface area contributed by atoms with Gasteiger partial charge in [0.05, 0.1) is 5.75 Å². The van der Waals surface area contributed by atoms with Crippen molar-refractivity contribution in [3.05, 3.63) is 24.4 Å². The third-order valence-corrected chi connectivity index (χ3v) is 5.59. The van der Waals surface area contributed by atoms with Gasteiger partial charge in [-0.15, -0.1) is 0 Å². The summed E-state index contributed by atoms with van der Waals surface area (Å²) in [6.07, 6.45) is 3.68. The summed E-state index contributed by atoms with van der Waals surface area (Å²) in [5, 5.41) is 0. The molecule has 1 atom stereocenters. The van der Waals surface area contributed by atoms with Gasteiger partial charge in [0, 0.05) is 32.4 Å². The van der Waals surface area contributed by atoms with Crippen LogP contribution in [0.3, 0.4) is 0 Å². The molecule has 1 aliphatic heterocycles. The zero-order valence-electron chi connectivity index (χ0n) is 11.5. The fraction of sp³-hybridized carbons (Fsp3) is 0.615. The highest BCUT2D eigenvalue weighted by Crippen LogP contribution is 2.21. The highest BCUT2D eigenvalue weighted by molar-refractivity contribution is 7.89. The molecule has 1 unspecified atom stereocenters. The first-order chi connectivity index (χ1) is 9.04.